The van der Waals surface area contributed by atoms with Gasteiger partial charge in [0.25, 0.3) is 0 Å². The summed E-state index contributed by atoms with van der Waals surface area (Å²) < 4.78 is 5.34. The third-order valence-corrected chi connectivity index (χ3v) is 3.29. The van der Waals surface area contributed by atoms with Crippen LogP contribution in [0, 0.1) is 0 Å². The molecule has 0 saturated carbocycles. The molecule has 116 valence electrons. The number of carbonyl (C=O) groups excluding carboxylic acids is 2. The van der Waals surface area contributed by atoms with Crippen molar-refractivity contribution in [3.63, 3.8) is 0 Å². The summed E-state index contributed by atoms with van der Waals surface area (Å²) in [6, 6.07) is 7.22. The predicted molar refractivity (Wildman–Crippen MR) is 83.4 cm³/mol. The zero-order chi connectivity index (χ0) is 15.8. The molecule has 5 heteroatoms. The van der Waals surface area contributed by atoms with Crippen molar-refractivity contribution < 1.29 is 14.3 Å². The first-order chi connectivity index (χ1) is 9.97. The van der Waals surface area contributed by atoms with Crippen LogP contribution in [0.3, 0.4) is 0 Å². The van der Waals surface area contributed by atoms with E-state index < -0.39 is 0 Å². The number of hydrogen-bond acceptors (Lipinski definition) is 3. The lowest BCUT2D eigenvalue weighted by Gasteiger charge is -2.26. The van der Waals surface area contributed by atoms with Crippen LogP contribution in [0.2, 0.25) is 0 Å². The van der Waals surface area contributed by atoms with Gasteiger partial charge in [-0.3, -0.25) is 9.59 Å². The van der Waals surface area contributed by atoms with Crippen LogP contribution in [-0.2, 0) is 9.59 Å². The number of amides is 2. The maximum atomic E-state index is 12.0. The summed E-state index contributed by atoms with van der Waals surface area (Å²) in [5.74, 6) is 0.473. The Kier molecular flexibility index (Phi) is 6.72. The zero-order valence-electron chi connectivity index (χ0n) is 13.2. The molecule has 2 amide bonds. The highest BCUT2D eigenvalue weighted by Gasteiger charge is 2.18. The molecule has 1 unspecified atom stereocenters. The molecule has 1 N–H and O–H groups in total. The lowest BCUT2D eigenvalue weighted by atomic mass is 10.2. The van der Waals surface area contributed by atoms with Crippen molar-refractivity contribution in [2.45, 2.75) is 40.2 Å². The summed E-state index contributed by atoms with van der Waals surface area (Å²) >= 11 is 0. The molecule has 0 spiro atoms. The summed E-state index contributed by atoms with van der Waals surface area (Å²) in [6.07, 6.45) is 0.815. The number of ether oxygens (including phenoxy) is 1. The molecule has 5 nitrogen and oxygen atoms in total. The smallest absolute Gasteiger partial charge is 0.244 e. The first kappa shape index (κ1) is 17.0. The Morgan fingerprint density at radius 3 is 2.33 bits per heavy atom. The minimum absolute atomic E-state index is 0.0496. The van der Waals surface area contributed by atoms with E-state index in [4.69, 9.17) is 4.74 Å². The van der Waals surface area contributed by atoms with Crippen LogP contribution in [-0.4, -0.2) is 35.9 Å². The molecule has 0 aliphatic carbocycles. The van der Waals surface area contributed by atoms with Gasteiger partial charge in [-0.1, -0.05) is 6.92 Å². The first-order valence-corrected chi connectivity index (χ1v) is 7.27. The minimum atomic E-state index is -0.199. The predicted octanol–water partition coefficient (Wildman–Crippen LogP) is 2.67. The number of rotatable bonds is 7. The lowest BCUT2D eigenvalue weighted by molar-refractivity contribution is -0.134. The zero-order valence-corrected chi connectivity index (χ0v) is 13.2. The highest BCUT2D eigenvalue weighted by Crippen LogP contribution is 2.15. The van der Waals surface area contributed by atoms with Gasteiger partial charge in [0.15, 0.2) is 0 Å². The van der Waals surface area contributed by atoms with Gasteiger partial charge >= 0.3 is 0 Å². The summed E-state index contributed by atoms with van der Waals surface area (Å²) in [5.41, 5.74) is 0.691. The van der Waals surface area contributed by atoms with Gasteiger partial charge in [0, 0.05) is 18.7 Å². The SMILES string of the molecule is CCOc1ccc(NC(=O)CN(C(C)=O)C(C)CC)cc1. The summed E-state index contributed by atoms with van der Waals surface area (Å²) in [4.78, 5) is 25.2. The van der Waals surface area contributed by atoms with Crippen molar-refractivity contribution in [3.05, 3.63) is 24.3 Å². The van der Waals surface area contributed by atoms with Gasteiger partial charge in [0.2, 0.25) is 11.8 Å². The van der Waals surface area contributed by atoms with E-state index in [2.05, 4.69) is 5.32 Å². The van der Waals surface area contributed by atoms with Gasteiger partial charge < -0.3 is 15.0 Å². The molecule has 1 aromatic rings. The monoisotopic (exact) mass is 292 g/mol. The molecule has 1 rings (SSSR count). The van der Waals surface area contributed by atoms with E-state index in [9.17, 15) is 9.59 Å². The quantitative estimate of drug-likeness (QED) is 0.840. The van der Waals surface area contributed by atoms with Gasteiger partial charge in [-0.05, 0) is 44.5 Å². The molecular weight excluding hydrogens is 268 g/mol. The molecule has 0 bridgehead atoms. The molecule has 0 aliphatic rings. The van der Waals surface area contributed by atoms with Crippen LogP contribution >= 0.6 is 0 Å². The van der Waals surface area contributed by atoms with Gasteiger partial charge in [-0.25, -0.2) is 0 Å². The van der Waals surface area contributed by atoms with Crippen molar-refractivity contribution in [1.82, 2.24) is 4.90 Å². The van der Waals surface area contributed by atoms with Crippen molar-refractivity contribution in [2.75, 3.05) is 18.5 Å². The number of hydrogen-bond donors (Lipinski definition) is 1. The fourth-order valence-electron chi connectivity index (χ4n) is 1.95. The molecule has 0 aliphatic heterocycles. The molecule has 1 aromatic carbocycles. The van der Waals surface area contributed by atoms with Crippen molar-refractivity contribution in [3.8, 4) is 5.75 Å². The fraction of sp³-hybridized carbons (Fsp3) is 0.500. The van der Waals surface area contributed by atoms with E-state index >= 15 is 0 Å². The second-order valence-electron chi connectivity index (χ2n) is 4.91. The number of anilines is 1. The highest BCUT2D eigenvalue weighted by molar-refractivity contribution is 5.94. The van der Waals surface area contributed by atoms with E-state index in [0.717, 1.165) is 12.2 Å². The molecule has 1 atom stereocenters. The second-order valence-corrected chi connectivity index (χ2v) is 4.91. The maximum absolute atomic E-state index is 12.0. The molecule has 21 heavy (non-hydrogen) atoms. The van der Waals surface area contributed by atoms with E-state index in [-0.39, 0.29) is 24.4 Å². The summed E-state index contributed by atoms with van der Waals surface area (Å²) in [5, 5.41) is 2.79. The second kappa shape index (κ2) is 8.29. The Morgan fingerprint density at radius 1 is 1.24 bits per heavy atom. The Labute approximate surface area is 126 Å². The Morgan fingerprint density at radius 2 is 1.86 bits per heavy atom. The van der Waals surface area contributed by atoms with Gasteiger partial charge in [-0.15, -0.1) is 0 Å². The molecule has 0 saturated heterocycles. The van der Waals surface area contributed by atoms with Crippen molar-refractivity contribution >= 4 is 17.5 Å². The number of nitrogens with zero attached hydrogens (tertiary/aromatic N) is 1. The Hall–Kier alpha value is -2.04. The molecule has 0 heterocycles. The third kappa shape index (κ3) is 5.45. The van der Waals surface area contributed by atoms with E-state index in [1.807, 2.05) is 20.8 Å². The highest BCUT2D eigenvalue weighted by atomic mass is 16.5. The van der Waals surface area contributed by atoms with Crippen molar-refractivity contribution in [1.29, 1.82) is 0 Å². The average molecular weight is 292 g/mol. The maximum Gasteiger partial charge on any atom is 0.244 e. The van der Waals surface area contributed by atoms with Gasteiger partial charge in [-0.2, -0.15) is 0 Å². The molecule has 0 fully saturated rings. The summed E-state index contributed by atoms with van der Waals surface area (Å²) in [6.45, 7) is 8.00. The largest absolute Gasteiger partial charge is 0.494 e. The van der Waals surface area contributed by atoms with Crippen LogP contribution in [0.1, 0.15) is 34.1 Å². The fourth-order valence-corrected chi connectivity index (χ4v) is 1.95. The van der Waals surface area contributed by atoms with Crippen LogP contribution in [0.5, 0.6) is 5.75 Å². The van der Waals surface area contributed by atoms with Crippen molar-refractivity contribution in [2.24, 2.45) is 0 Å². The van der Waals surface area contributed by atoms with Crippen LogP contribution in [0.4, 0.5) is 5.69 Å². The lowest BCUT2D eigenvalue weighted by Crippen LogP contribution is -2.42. The average Bonchev–Trinajstić information content (AvgIpc) is 2.46. The van der Waals surface area contributed by atoms with E-state index in [0.29, 0.717) is 12.3 Å². The van der Waals surface area contributed by atoms with Crippen LogP contribution in [0.15, 0.2) is 24.3 Å². The summed E-state index contributed by atoms with van der Waals surface area (Å²) in [7, 11) is 0. The molecule has 0 radical (unpaired) electrons. The van der Waals surface area contributed by atoms with Gasteiger partial charge in [0.05, 0.1) is 6.61 Å². The number of carbonyl (C=O) groups is 2. The molecule has 0 aromatic heterocycles. The van der Waals surface area contributed by atoms with E-state index in [1.54, 1.807) is 29.2 Å². The normalized spacial score (nSPS) is 11.6. The first-order valence-electron chi connectivity index (χ1n) is 7.27. The topological polar surface area (TPSA) is 58.6 Å². The standard InChI is InChI=1S/C16H24N2O3/c1-5-12(3)18(13(4)19)11-16(20)17-14-7-9-15(10-8-14)21-6-2/h7-10,12H,5-6,11H2,1-4H3,(H,17,20). The Bertz CT molecular complexity index is 471. The Balaban J connectivity index is 2.61. The number of nitrogens with one attached hydrogen (secondary N) is 1. The van der Waals surface area contributed by atoms with E-state index in [1.165, 1.54) is 6.92 Å². The van der Waals surface area contributed by atoms with Crippen LogP contribution < -0.4 is 10.1 Å². The third-order valence-electron chi connectivity index (χ3n) is 3.29. The molecular formula is C16H24N2O3. The van der Waals surface area contributed by atoms with Gasteiger partial charge in [0.1, 0.15) is 12.3 Å². The van der Waals surface area contributed by atoms with Crippen LogP contribution in [0.25, 0.3) is 0 Å². The number of benzene rings is 1. The minimum Gasteiger partial charge on any atom is -0.494 e.